The van der Waals surface area contributed by atoms with Gasteiger partial charge in [-0.25, -0.2) is 9.38 Å². The van der Waals surface area contributed by atoms with E-state index in [9.17, 15) is 4.39 Å². The van der Waals surface area contributed by atoms with Crippen LogP contribution in [0.15, 0.2) is 53.5 Å². The van der Waals surface area contributed by atoms with Crippen molar-refractivity contribution in [3.8, 4) is 0 Å². The van der Waals surface area contributed by atoms with E-state index in [0.29, 0.717) is 18.7 Å². The Hall–Kier alpha value is -2.40. The van der Waals surface area contributed by atoms with Gasteiger partial charge in [-0.05, 0) is 36.2 Å². The van der Waals surface area contributed by atoms with Crippen molar-refractivity contribution in [3.05, 3.63) is 65.5 Å². The fourth-order valence-corrected chi connectivity index (χ4v) is 2.50. The summed E-state index contributed by atoms with van der Waals surface area (Å²) in [6.07, 6.45) is 1.13. The van der Waals surface area contributed by atoms with Crippen molar-refractivity contribution >= 4 is 11.5 Å². The number of nitrogens with zero attached hydrogens (tertiary/aromatic N) is 1. The molecule has 4 nitrogen and oxygen atoms in total. The standard InChI is InChI=1S/C16H17FN4/c17-12-5-3-4-11(10-12)8-9-16(19)20-14-7-2-1-6-13(14)15(18)21-16/h1-7,10,20H,8-9,19H2,(H2,18,21). The average molecular weight is 284 g/mol. The maximum absolute atomic E-state index is 13.2. The summed E-state index contributed by atoms with van der Waals surface area (Å²) >= 11 is 0. The Balaban J connectivity index is 1.79. The van der Waals surface area contributed by atoms with E-state index in [1.54, 1.807) is 6.07 Å². The van der Waals surface area contributed by atoms with Gasteiger partial charge in [-0.2, -0.15) is 0 Å². The number of nitrogens with two attached hydrogens (primary N) is 2. The largest absolute Gasteiger partial charge is 0.383 e. The molecule has 5 heteroatoms. The zero-order chi connectivity index (χ0) is 14.9. The fraction of sp³-hybridized carbons (Fsp3) is 0.188. The molecule has 1 aliphatic rings. The van der Waals surface area contributed by atoms with Gasteiger partial charge in [-0.3, -0.25) is 5.73 Å². The molecule has 0 saturated carbocycles. The Morgan fingerprint density at radius 2 is 1.95 bits per heavy atom. The highest BCUT2D eigenvalue weighted by atomic mass is 19.1. The summed E-state index contributed by atoms with van der Waals surface area (Å²) in [6, 6.07) is 14.1. The first-order valence-electron chi connectivity index (χ1n) is 6.82. The lowest BCUT2D eigenvalue weighted by Crippen LogP contribution is -2.50. The molecule has 108 valence electrons. The summed E-state index contributed by atoms with van der Waals surface area (Å²) in [4.78, 5) is 4.36. The summed E-state index contributed by atoms with van der Waals surface area (Å²) in [6.45, 7) is 0. The molecule has 0 amide bonds. The van der Waals surface area contributed by atoms with E-state index in [1.165, 1.54) is 12.1 Å². The van der Waals surface area contributed by atoms with Crippen LogP contribution in [0.2, 0.25) is 0 Å². The lowest BCUT2D eigenvalue weighted by molar-refractivity contribution is 0.465. The van der Waals surface area contributed by atoms with Crippen molar-refractivity contribution in [2.45, 2.75) is 18.6 Å². The predicted molar refractivity (Wildman–Crippen MR) is 82.4 cm³/mol. The van der Waals surface area contributed by atoms with Gasteiger partial charge in [0.1, 0.15) is 11.7 Å². The molecule has 21 heavy (non-hydrogen) atoms. The number of aryl methyl sites for hydroxylation is 1. The molecule has 0 aliphatic carbocycles. The first-order chi connectivity index (χ1) is 10.1. The van der Waals surface area contributed by atoms with Gasteiger partial charge >= 0.3 is 0 Å². The Morgan fingerprint density at radius 1 is 1.14 bits per heavy atom. The molecule has 0 spiro atoms. The summed E-state index contributed by atoms with van der Waals surface area (Å²) in [7, 11) is 0. The SMILES string of the molecule is NC1=NC(N)(CCc2cccc(F)c2)Nc2ccccc21. The lowest BCUT2D eigenvalue weighted by atomic mass is 10.0. The van der Waals surface area contributed by atoms with Crippen LogP contribution >= 0.6 is 0 Å². The van der Waals surface area contributed by atoms with Crippen molar-refractivity contribution in [1.82, 2.24) is 0 Å². The molecule has 2 aromatic rings. The number of rotatable bonds is 3. The smallest absolute Gasteiger partial charge is 0.184 e. The third-order valence-electron chi connectivity index (χ3n) is 3.56. The molecule has 0 radical (unpaired) electrons. The van der Waals surface area contributed by atoms with Gasteiger partial charge in [0.15, 0.2) is 5.79 Å². The number of hydrogen-bond donors (Lipinski definition) is 3. The van der Waals surface area contributed by atoms with Crippen LogP contribution < -0.4 is 16.8 Å². The molecule has 1 heterocycles. The minimum Gasteiger partial charge on any atom is -0.383 e. The molecule has 1 aliphatic heterocycles. The maximum Gasteiger partial charge on any atom is 0.184 e. The van der Waals surface area contributed by atoms with E-state index < -0.39 is 5.79 Å². The molecule has 0 bridgehead atoms. The molecular weight excluding hydrogens is 267 g/mol. The van der Waals surface area contributed by atoms with Gasteiger partial charge in [-0.15, -0.1) is 0 Å². The second-order valence-corrected chi connectivity index (χ2v) is 5.22. The van der Waals surface area contributed by atoms with Crippen LogP contribution in [0.3, 0.4) is 0 Å². The van der Waals surface area contributed by atoms with Crippen LogP contribution in [0.1, 0.15) is 17.5 Å². The normalized spacial score (nSPS) is 20.4. The molecule has 5 N–H and O–H groups in total. The Bertz CT molecular complexity index is 698. The van der Waals surface area contributed by atoms with E-state index in [-0.39, 0.29) is 5.82 Å². The summed E-state index contributed by atoms with van der Waals surface area (Å²) in [5, 5.41) is 3.21. The van der Waals surface area contributed by atoms with Gasteiger partial charge in [0.25, 0.3) is 0 Å². The molecule has 3 rings (SSSR count). The summed E-state index contributed by atoms with van der Waals surface area (Å²) in [5.74, 6) is -0.792. The number of anilines is 1. The number of aliphatic imine (C=N–C) groups is 1. The zero-order valence-electron chi connectivity index (χ0n) is 11.5. The third kappa shape index (κ3) is 2.87. The van der Waals surface area contributed by atoms with E-state index >= 15 is 0 Å². The highest BCUT2D eigenvalue weighted by Gasteiger charge is 2.29. The van der Waals surface area contributed by atoms with E-state index in [0.717, 1.165) is 16.8 Å². The number of hydrogen-bond acceptors (Lipinski definition) is 4. The van der Waals surface area contributed by atoms with Gasteiger partial charge in [0.05, 0.1) is 0 Å². The lowest BCUT2D eigenvalue weighted by Gasteiger charge is -2.33. The quantitative estimate of drug-likeness (QED) is 0.808. The molecule has 2 aromatic carbocycles. The monoisotopic (exact) mass is 284 g/mol. The van der Waals surface area contributed by atoms with Gasteiger partial charge in [-0.1, -0.05) is 24.3 Å². The van der Waals surface area contributed by atoms with E-state index in [4.69, 9.17) is 11.5 Å². The highest BCUT2D eigenvalue weighted by molar-refractivity contribution is 6.04. The number of para-hydroxylation sites is 1. The topological polar surface area (TPSA) is 76.4 Å². The summed E-state index contributed by atoms with van der Waals surface area (Å²) in [5.41, 5.74) is 14.9. The predicted octanol–water partition coefficient (Wildman–Crippen LogP) is 2.20. The molecule has 0 aromatic heterocycles. The second-order valence-electron chi connectivity index (χ2n) is 5.22. The Kier molecular flexibility index (Phi) is 3.35. The molecular formula is C16H17FN4. The Morgan fingerprint density at radius 3 is 2.76 bits per heavy atom. The number of fused-ring (bicyclic) bond motifs is 1. The van der Waals surface area contributed by atoms with Gasteiger partial charge < -0.3 is 11.1 Å². The average Bonchev–Trinajstić information content (AvgIpc) is 2.45. The molecule has 0 saturated heterocycles. The van der Waals surface area contributed by atoms with Crippen molar-refractivity contribution in [1.29, 1.82) is 0 Å². The first-order valence-corrected chi connectivity index (χ1v) is 6.82. The zero-order valence-corrected chi connectivity index (χ0v) is 11.5. The fourth-order valence-electron chi connectivity index (χ4n) is 2.50. The van der Waals surface area contributed by atoms with Crippen molar-refractivity contribution in [2.24, 2.45) is 16.5 Å². The van der Waals surface area contributed by atoms with Crippen LogP contribution in [-0.2, 0) is 6.42 Å². The van der Waals surface area contributed by atoms with Crippen LogP contribution in [-0.4, -0.2) is 11.6 Å². The van der Waals surface area contributed by atoms with Crippen LogP contribution in [0.25, 0.3) is 0 Å². The number of amidine groups is 1. The van der Waals surface area contributed by atoms with E-state index in [2.05, 4.69) is 10.3 Å². The van der Waals surface area contributed by atoms with Gasteiger partial charge in [0, 0.05) is 17.7 Å². The minimum absolute atomic E-state index is 0.247. The maximum atomic E-state index is 13.2. The van der Waals surface area contributed by atoms with Crippen molar-refractivity contribution < 1.29 is 4.39 Å². The molecule has 0 fully saturated rings. The number of benzene rings is 2. The molecule has 1 atom stereocenters. The van der Waals surface area contributed by atoms with E-state index in [1.807, 2.05) is 30.3 Å². The highest BCUT2D eigenvalue weighted by Crippen LogP contribution is 2.26. The van der Waals surface area contributed by atoms with Gasteiger partial charge in [0.2, 0.25) is 0 Å². The molecule has 1 unspecified atom stereocenters. The summed E-state index contributed by atoms with van der Waals surface area (Å²) < 4.78 is 13.2. The minimum atomic E-state index is -0.968. The van der Waals surface area contributed by atoms with Crippen molar-refractivity contribution in [3.63, 3.8) is 0 Å². The Labute approximate surface area is 122 Å². The number of nitrogens with one attached hydrogen (secondary N) is 1. The number of halogens is 1. The second kappa shape index (κ2) is 5.18. The van der Waals surface area contributed by atoms with Crippen LogP contribution in [0, 0.1) is 5.82 Å². The van der Waals surface area contributed by atoms with Crippen LogP contribution in [0.5, 0.6) is 0 Å². The van der Waals surface area contributed by atoms with Crippen LogP contribution in [0.4, 0.5) is 10.1 Å². The third-order valence-corrected chi connectivity index (χ3v) is 3.56. The van der Waals surface area contributed by atoms with Crippen molar-refractivity contribution in [2.75, 3.05) is 5.32 Å². The first kappa shape index (κ1) is 13.6.